The van der Waals surface area contributed by atoms with Crippen molar-refractivity contribution in [2.24, 2.45) is 0 Å². The van der Waals surface area contributed by atoms with Gasteiger partial charge in [0, 0.05) is 9.26 Å². The molecular formula is C17H16IN5O2S. The number of benzene rings is 2. The van der Waals surface area contributed by atoms with Gasteiger partial charge in [-0.2, -0.15) is 4.68 Å². The van der Waals surface area contributed by atoms with E-state index in [-0.39, 0.29) is 11.7 Å². The van der Waals surface area contributed by atoms with Crippen LogP contribution in [-0.2, 0) is 4.79 Å². The number of methoxy groups -OCH3 is 1. The van der Waals surface area contributed by atoms with Gasteiger partial charge in [-0.25, -0.2) is 0 Å². The monoisotopic (exact) mass is 481 g/mol. The maximum Gasteiger partial charge on any atom is 0.234 e. The molecule has 0 saturated carbocycles. The molecule has 9 heteroatoms. The van der Waals surface area contributed by atoms with Crippen molar-refractivity contribution in [3.8, 4) is 11.4 Å². The number of amides is 1. The van der Waals surface area contributed by atoms with Crippen LogP contribution in [0.5, 0.6) is 5.75 Å². The summed E-state index contributed by atoms with van der Waals surface area (Å²) in [7, 11) is 1.60. The molecule has 0 radical (unpaired) electrons. The Morgan fingerprint density at radius 2 is 2.15 bits per heavy atom. The standard InChI is InChI=1S/C17H16IN5O2S/c1-11-6-7-15(25-2)14(8-11)23-17(20-21-22-23)26-10-16(24)19-13-5-3-4-12(18)9-13/h3-9H,10H2,1-2H3,(H,19,24). The van der Waals surface area contributed by atoms with Gasteiger partial charge in [0.05, 0.1) is 12.9 Å². The third-order valence-electron chi connectivity index (χ3n) is 3.44. The van der Waals surface area contributed by atoms with E-state index in [0.29, 0.717) is 10.9 Å². The van der Waals surface area contributed by atoms with Crippen molar-refractivity contribution >= 4 is 45.9 Å². The van der Waals surface area contributed by atoms with E-state index in [1.807, 2.05) is 49.4 Å². The summed E-state index contributed by atoms with van der Waals surface area (Å²) in [6.07, 6.45) is 0. The number of thioether (sulfide) groups is 1. The predicted octanol–water partition coefficient (Wildman–Crippen LogP) is 3.31. The second-order valence-electron chi connectivity index (χ2n) is 5.40. The van der Waals surface area contributed by atoms with E-state index >= 15 is 0 Å². The van der Waals surface area contributed by atoms with Gasteiger partial charge in [0.25, 0.3) is 0 Å². The van der Waals surface area contributed by atoms with E-state index in [1.165, 1.54) is 11.8 Å². The molecule has 0 spiro atoms. The lowest BCUT2D eigenvalue weighted by atomic mass is 10.2. The lowest BCUT2D eigenvalue weighted by Crippen LogP contribution is -2.14. The number of hydrogen-bond donors (Lipinski definition) is 1. The van der Waals surface area contributed by atoms with E-state index in [4.69, 9.17) is 4.74 Å². The van der Waals surface area contributed by atoms with Gasteiger partial charge in [0.15, 0.2) is 0 Å². The van der Waals surface area contributed by atoms with Crippen molar-refractivity contribution < 1.29 is 9.53 Å². The molecule has 7 nitrogen and oxygen atoms in total. The summed E-state index contributed by atoms with van der Waals surface area (Å²) in [6, 6.07) is 13.4. The number of carbonyl (C=O) groups is 1. The minimum Gasteiger partial charge on any atom is -0.494 e. The van der Waals surface area contributed by atoms with Crippen molar-refractivity contribution in [3.63, 3.8) is 0 Å². The molecule has 1 heterocycles. The first-order valence-corrected chi connectivity index (χ1v) is 9.75. The number of nitrogens with zero attached hydrogens (tertiary/aromatic N) is 4. The highest BCUT2D eigenvalue weighted by Crippen LogP contribution is 2.27. The normalized spacial score (nSPS) is 10.6. The van der Waals surface area contributed by atoms with Crippen molar-refractivity contribution in [2.75, 3.05) is 18.2 Å². The highest BCUT2D eigenvalue weighted by atomic mass is 127. The summed E-state index contributed by atoms with van der Waals surface area (Å²) in [5.74, 6) is 0.732. The molecule has 2 aromatic carbocycles. The van der Waals surface area contributed by atoms with E-state index in [2.05, 4.69) is 43.4 Å². The summed E-state index contributed by atoms with van der Waals surface area (Å²) >= 11 is 3.47. The van der Waals surface area contributed by atoms with E-state index in [0.717, 1.165) is 20.5 Å². The van der Waals surface area contributed by atoms with Gasteiger partial charge in [-0.1, -0.05) is 23.9 Å². The van der Waals surface area contributed by atoms with Gasteiger partial charge >= 0.3 is 0 Å². The van der Waals surface area contributed by atoms with E-state index in [9.17, 15) is 4.79 Å². The maximum atomic E-state index is 12.2. The largest absolute Gasteiger partial charge is 0.494 e. The Morgan fingerprint density at radius 3 is 2.92 bits per heavy atom. The molecule has 0 aliphatic rings. The fraction of sp³-hybridized carbons (Fsp3) is 0.176. The fourth-order valence-corrected chi connectivity index (χ4v) is 3.51. The molecule has 0 unspecified atom stereocenters. The van der Waals surface area contributed by atoms with Crippen LogP contribution in [0.1, 0.15) is 5.56 Å². The summed E-state index contributed by atoms with van der Waals surface area (Å²) in [5, 5.41) is 15.2. The van der Waals surface area contributed by atoms with Crippen LogP contribution in [0.4, 0.5) is 5.69 Å². The molecule has 1 aromatic heterocycles. The number of hydrogen-bond acceptors (Lipinski definition) is 6. The Morgan fingerprint density at radius 1 is 1.31 bits per heavy atom. The third-order valence-corrected chi connectivity index (χ3v) is 5.03. The van der Waals surface area contributed by atoms with Gasteiger partial charge in [-0.3, -0.25) is 4.79 Å². The zero-order valence-corrected chi connectivity index (χ0v) is 17.1. The lowest BCUT2D eigenvalue weighted by Gasteiger charge is -2.10. The number of halogens is 1. The Bertz CT molecular complexity index is 931. The molecule has 0 bridgehead atoms. The molecule has 0 aliphatic heterocycles. The molecule has 1 amide bonds. The number of aryl methyl sites for hydroxylation is 1. The SMILES string of the molecule is COc1ccc(C)cc1-n1nnnc1SCC(=O)Nc1cccc(I)c1. The molecular weight excluding hydrogens is 465 g/mol. The number of carbonyl (C=O) groups excluding carboxylic acids is 1. The Kier molecular flexibility index (Phi) is 6.09. The smallest absolute Gasteiger partial charge is 0.234 e. The highest BCUT2D eigenvalue weighted by Gasteiger charge is 2.15. The average Bonchev–Trinajstić information content (AvgIpc) is 3.08. The first kappa shape index (κ1) is 18.6. The Hall–Kier alpha value is -2.14. The zero-order valence-electron chi connectivity index (χ0n) is 14.1. The van der Waals surface area contributed by atoms with Gasteiger partial charge in [-0.15, -0.1) is 5.10 Å². The number of aromatic nitrogens is 4. The van der Waals surface area contributed by atoms with Crippen LogP contribution in [0.15, 0.2) is 47.6 Å². The molecule has 0 atom stereocenters. The third kappa shape index (κ3) is 4.52. The van der Waals surface area contributed by atoms with Crippen LogP contribution in [-0.4, -0.2) is 39.0 Å². The van der Waals surface area contributed by atoms with E-state index in [1.54, 1.807) is 11.8 Å². The molecule has 0 fully saturated rings. The average molecular weight is 481 g/mol. The number of anilines is 1. The summed E-state index contributed by atoms with van der Waals surface area (Å²) in [5.41, 5.74) is 2.56. The van der Waals surface area contributed by atoms with Crippen molar-refractivity contribution in [1.82, 2.24) is 20.2 Å². The minimum atomic E-state index is -0.122. The second-order valence-corrected chi connectivity index (χ2v) is 7.58. The van der Waals surface area contributed by atoms with Gasteiger partial charge in [-0.05, 0) is 75.8 Å². The fourth-order valence-electron chi connectivity index (χ4n) is 2.28. The van der Waals surface area contributed by atoms with Crippen molar-refractivity contribution in [3.05, 3.63) is 51.6 Å². The first-order valence-electron chi connectivity index (χ1n) is 7.68. The topological polar surface area (TPSA) is 81.9 Å². The van der Waals surface area contributed by atoms with Crippen LogP contribution in [0.3, 0.4) is 0 Å². The molecule has 134 valence electrons. The molecule has 26 heavy (non-hydrogen) atoms. The quantitative estimate of drug-likeness (QED) is 0.430. The van der Waals surface area contributed by atoms with Crippen LogP contribution < -0.4 is 10.1 Å². The van der Waals surface area contributed by atoms with Gasteiger partial charge in [0.1, 0.15) is 11.4 Å². The molecule has 0 aliphatic carbocycles. The summed E-state index contributed by atoms with van der Waals surface area (Å²) in [4.78, 5) is 12.2. The van der Waals surface area contributed by atoms with Crippen molar-refractivity contribution in [2.45, 2.75) is 12.1 Å². The van der Waals surface area contributed by atoms with Crippen LogP contribution >= 0.6 is 34.4 Å². The van der Waals surface area contributed by atoms with Crippen LogP contribution in [0, 0.1) is 10.5 Å². The summed E-state index contributed by atoms with van der Waals surface area (Å²) in [6.45, 7) is 1.98. The highest BCUT2D eigenvalue weighted by molar-refractivity contribution is 14.1. The number of tetrazole rings is 1. The predicted molar refractivity (Wildman–Crippen MR) is 109 cm³/mol. The molecule has 1 N–H and O–H groups in total. The van der Waals surface area contributed by atoms with Crippen LogP contribution in [0.2, 0.25) is 0 Å². The molecule has 0 saturated heterocycles. The van der Waals surface area contributed by atoms with Gasteiger partial charge < -0.3 is 10.1 Å². The first-order chi connectivity index (χ1) is 12.6. The molecule has 3 aromatic rings. The van der Waals surface area contributed by atoms with Crippen molar-refractivity contribution in [1.29, 1.82) is 0 Å². The minimum absolute atomic E-state index is 0.122. The number of nitrogens with one attached hydrogen (secondary N) is 1. The molecule has 3 rings (SSSR count). The Labute approximate surface area is 168 Å². The lowest BCUT2D eigenvalue weighted by molar-refractivity contribution is -0.113. The summed E-state index contributed by atoms with van der Waals surface area (Å²) < 4.78 is 8.03. The Balaban J connectivity index is 1.72. The van der Waals surface area contributed by atoms with E-state index < -0.39 is 0 Å². The van der Waals surface area contributed by atoms with Gasteiger partial charge in [0.2, 0.25) is 11.1 Å². The van der Waals surface area contributed by atoms with Crippen LogP contribution in [0.25, 0.3) is 5.69 Å². The zero-order chi connectivity index (χ0) is 18.5. The maximum absolute atomic E-state index is 12.2. The number of rotatable bonds is 6. The second kappa shape index (κ2) is 8.49. The number of ether oxygens (including phenoxy) is 1.